The lowest BCUT2D eigenvalue weighted by Gasteiger charge is -2.48. The molecule has 0 spiro atoms. The summed E-state index contributed by atoms with van der Waals surface area (Å²) < 4.78 is 0. The molecule has 2 N–H and O–H groups in total. The van der Waals surface area contributed by atoms with Crippen molar-refractivity contribution in [2.45, 2.75) is 32.4 Å². The second-order valence-corrected chi connectivity index (χ2v) is 4.52. The molecule has 0 radical (unpaired) electrons. The Morgan fingerprint density at radius 1 is 1.57 bits per heavy atom. The third-order valence-electron chi connectivity index (χ3n) is 3.18. The van der Waals surface area contributed by atoms with Gasteiger partial charge >= 0.3 is 0 Å². The fourth-order valence-electron chi connectivity index (χ4n) is 1.97. The van der Waals surface area contributed by atoms with Gasteiger partial charge in [0.25, 0.3) is 0 Å². The van der Waals surface area contributed by atoms with Crippen LogP contribution in [-0.2, 0) is 4.79 Å². The van der Waals surface area contributed by atoms with Crippen molar-refractivity contribution in [2.24, 2.45) is 5.73 Å². The lowest BCUT2D eigenvalue weighted by Crippen LogP contribution is -2.66. The van der Waals surface area contributed by atoms with Crippen molar-refractivity contribution < 1.29 is 4.79 Å². The Morgan fingerprint density at radius 3 is 2.57 bits per heavy atom. The summed E-state index contributed by atoms with van der Waals surface area (Å²) in [5, 5.41) is 0. The van der Waals surface area contributed by atoms with E-state index in [-0.39, 0.29) is 17.5 Å². The van der Waals surface area contributed by atoms with Gasteiger partial charge in [-0.2, -0.15) is 0 Å². The van der Waals surface area contributed by atoms with Crippen LogP contribution in [0.25, 0.3) is 0 Å². The van der Waals surface area contributed by atoms with Gasteiger partial charge in [0.1, 0.15) is 6.04 Å². The van der Waals surface area contributed by atoms with Crippen LogP contribution in [0.1, 0.15) is 20.8 Å². The summed E-state index contributed by atoms with van der Waals surface area (Å²) in [6.07, 6.45) is 0. The monoisotopic (exact) mass is 199 g/mol. The minimum absolute atomic E-state index is 0.0846. The number of nitrogens with zero attached hydrogens (tertiary/aromatic N) is 2. The molecule has 0 bridgehead atoms. The van der Waals surface area contributed by atoms with Crippen LogP contribution in [-0.4, -0.2) is 54.0 Å². The molecule has 1 aliphatic heterocycles. The molecule has 1 rings (SSSR count). The summed E-state index contributed by atoms with van der Waals surface area (Å²) in [5.74, 6) is 0.144. The lowest BCUT2D eigenvalue weighted by molar-refractivity contribution is -0.148. The maximum atomic E-state index is 11.9. The minimum atomic E-state index is -0.127. The number of likely N-dealkylation sites (N-methyl/N-ethyl adjacent to an activating group) is 2. The summed E-state index contributed by atoms with van der Waals surface area (Å²) >= 11 is 0. The highest BCUT2D eigenvalue weighted by Gasteiger charge is 2.41. The molecule has 4 nitrogen and oxygen atoms in total. The number of hydrogen-bond donors (Lipinski definition) is 1. The van der Waals surface area contributed by atoms with Crippen LogP contribution in [0.3, 0.4) is 0 Å². The van der Waals surface area contributed by atoms with E-state index < -0.39 is 0 Å². The molecule has 4 heteroatoms. The average Bonchev–Trinajstić information content (AvgIpc) is 2.14. The van der Waals surface area contributed by atoms with Crippen molar-refractivity contribution in [1.82, 2.24) is 9.80 Å². The summed E-state index contributed by atoms with van der Waals surface area (Å²) in [5.41, 5.74) is 5.54. The van der Waals surface area contributed by atoms with Crippen LogP contribution in [0.4, 0.5) is 0 Å². The van der Waals surface area contributed by atoms with Crippen LogP contribution in [0.15, 0.2) is 0 Å². The zero-order valence-electron chi connectivity index (χ0n) is 9.58. The first kappa shape index (κ1) is 11.5. The summed E-state index contributed by atoms with van der Waals surface area (Å²) in [6.45, 7) is 8.42. The average molecular weight is 199 g/mol. The van der Waals surface area contributed by atoms with E-state index in [1.807, 2.05) is 11.9 Å². The number of carbonyl (C=O) groups is 1. The molecule has 1 heterocycles. The van der Waals surface area contributed by atoms with Gasteiger partial charge in [-0.15, -0.1) is 0 Å². The second-order valence-electron chi connectivity index (χ2n) is 4.52. The van der Waals surface area contributed by atoms with Gasteiger partial charge in [0.15, 0.2) is 0 Å². The molecule has 1 atom stereocenters. The second kappa shape index (κ2) is 3.87. The summed E-state index contributed by atoms with van der Waals surface area (Å²) in [4.78, 5) is 15.9. The lowest BCUT2D eigenvalue weighted by atomic mass is 9.96. The largest absolute Gasteiger partial charge is 0.338 e. The van der Waals surface area contributed by atoms with Crippen molar-refractivity contribution in [2.75, 3.05) is 26.7 Å². The molecule has 0 aromatic heterocycles. The van der Waals surface area contributed by atoms with Gasteiger partial charge in [0, 0.05) is 25.7 Å². The minimum Gasteiger partial charge on any atom is -0.338 e. The number of hydrogen-bond acceptors (Lipinski definition) is 3. The van der Waals surface area contributed by atoms with Crippen molar-refractivity contribution in [3.8, 4) is 0 Å². The fourth-order valence-corrected chi connectivity index (χ4v) is 1.97. The van der Waals surface area contributed by atoms with Crippen LogP contribution < -0.4 is 5.73 Å². The molecule has 14 heavy (non-hydrogen) atoms. The number of nitrogens with two attached hydrogens (primary N) is 1. The Kier molecular flexibility index (Phi) is 3.17. The SMILES string of the molecule is CCN1CC(C)(C)N(C)C(=O)C1CN. The Morgan fingerprint density at radius 2 is 2.14 bits per heavy atom. The molecule has 82 valence electrons. The third kappa shape index (κ3) is 1.77. The van der Waals surface area contributed by atoms with E-state index in [2.05, 4.69) is 25.7 Å². The first-order chi connectivity index (χ1) is 6.44. The highest BCUT2D eigenvalue weighted by atomic mass is 16.2. The Hall–Kier alpha value is -0.610. The Balaban J connectivity index is 2.88. The van der Waals surface area contributed by atoms with Crippen molar-refractivity contribution in [1.29, 1.82) is 0 Å². The zero-order valence-corrected chi connectivity index (χ0v) is 9.58. The zero-order chi connectivity index (χ0) is 10.9. The molecule has 1 fully saturated rings. The fraction of sp³-hybridized carbons (Fsp3) is 0.900. The quantitative estimate of drug-likeness (QED) is 0.675. The first-order valence-electron chi connectivity index (χ1n) is 5.16. The van der Waals surface area contributed by atoms with Gasteiger partial charge < -0.3 is 10.6 Å². The van der Waals surface area contributed by atoms with E-state index in [1.54, 1.807) is 0 Å². The molecular weight excluding hydrogens is 178 g/mol. The molecule has 0 aliphatic carbocycles. The molecule has 1 saturated heterocycles. The summed E-state index contributed by atoms with van der Waals surface area (Å²) in [7, 11) is 1.86. The molecule has 0 aromatic carbocycles. The Bertz CT molecular complexity index is 227. The van der Waals surface area contributed by atoms with E-state index in [0.717, 1.165) is 13.1 Å². The molecule has 0 saturated carbocycles. The van der Waals surface area contributed by atoms with Crippen molar-refractivity contribution >= 4 is 5.91 Å². The van der Waals surface area contributed by atoms with Crippen LogP contribution in [0.5, 0.6) is 0 Å². The van der Waals surface area contributed by atoms with Crippen LogP contribution in [0.2, 0.25) is 0 Å². The highest BCUT2D eigenvalue weighted by Crippen LogP contribution is 2.22. The van der Waals surface area contributed by atoms with Crippen LogP contribution in [0, 0.1) is 0 Å². The number of amides is 1. The molecule has 1 amide bonds. The van der Waals surface area contributed by atoms with Crippen LogP contribution >= 0.6 is 0 Å². The molecular formula is C10H21N3O. The molecule has 1 aliphatic rings. The number of piperazine rings is 1. The maximum absolute atomic E-state index is 11.9. The van der Waals surface area contributed by atoms with Crippen molar-refractivity contribution in [3.05, 3.63) is 0 Å². The predicted octanol–water partition coefficient (Wildman–Crippen LogP) is -0.114. The van der Waals surface area contributed by atoms with Gasteiger partial charge in [-0.05, 0) is 20.4 Å². The first-order valence-corrected chi connectivity index (χ1v) is 5.16. The van der Waals surface area contributed by atoms with E-state index >= 15 is 0 Å². The van der Waals surface area contributed by atoms with E-state index in [9.17, 15) is 4.79 Å². The smallest absolute Gasteiger partial charge is 0.241 e. The van der Waals surface area contributed by atoms with E-state index in [0.29, 0.717) is 6.54 Å². The Labute approximate surface area is 86.0 Å². The maximum Gasteiger partial charge on any atom is 0.241 e. The van der Waals surface area contributed by atoms with E-state index in [1.165, 1.54) is 0 Å². The van der Waals surface area contributed by atoms with Crippen molar-refractivity contribution in [3.63, 3.8) is 0 Å². The van der Waals surface area contributed by atoms with Gasteiger partial charge in [-0.1, -0.05) is 6.92 Å². The summed E-state index contributed by atoms with van der Waals surface area (Å²) in [6, 6.07) is -0.127. The van der Waals surface area contributed by atoms with Gasteiger partial charge in [-0.3, -0.25) is 9.69 Å². The van der Waals surface area contributed by atoms with Gasteiger partial charge in [0.05, 0.1) is 0 Å². The third-order valence-corrected chi connectivity index (χ3v) is 3.18. The standard InChI is InChI=1S/C10H21N3O/c1-5-13-7-10(2,3)12(4)9(14)8(13)6-11/h8H,5-7,11H2,1-4H3. The number of carbonyl (C=O) groups excluding carboxylic acids is 1. The topological polar surface area (TPSA) is 49.6 Å². The number of rotatable bonds is 2. The predicted molar refractivity (Wildman–Crippen MR) is 56.9 cm³/mol. The highest BCUT2D eigenvalue weighted by molar-refractivity contribution is 5.83. The van der Waals surface area contributed by atoms with E-state index in [4.69, 9.17) is 5.73 Å². The van der Waals surface area contributed by atoms with Gasteiger partial charge in [-0.25, -0.2) is 0 Å². The molecule has 1 unspecified atom stereocenters. The molecule has 0 aromatic rings. The van der Waals surface area contributed by atoms with Gasteiger partial charge in [0.2, 0.25) is 5.91 Å². The normalized spacial score (nSPS) is 28.2.